The molecule has 0 atom stereocenters. The number of benzene rings is 2. The van der Waals surface area contributed by atoms with E-state index in [1.54, 1.807) is 18.3 Å². The third kappa shape index (κ3) is 9.00. The number of rotatable bonds is 11. The fraction of sp³-hybridized carbons (Fsp3) is 0.240. The molecule has 3 aromatic rings. The number of carbonyl (C=O) groups is 2. The van der Waals surface area contributed by atoms with Crippen molar-refractivity contribution in [3.8, 4) is 5.75 Å². The molecule has 8 nitrogen and oxygen atoms in total. The van der Waals surface area contributed by atoms with Gasteiger partial charge in [-0.25, -0.2) is 9.78 Å². The Hall–Kier alpha value is -3.91. The maximum Gasteiger partial charge on any atom is 0.319 e. The first-order valence-corrected chi connectivity index (χ1v) is 10.7. The van der Waals surface area contributed by atoms with Crippen molar-refractivity contribution in [3.63, 3.8) is 0 Å². The van der Waals surface area contributed by atoms with Crippen LogP contribution in [-0.2, 0) is 16.1 Å². The maximum absolute atomic E-state index is 12.1. The van der Waals surface area contributed by atoms with E-state index < -0.39 is 0 Å². The molecule has 0 bridgehead atoms. The summed E-state index contributed by atoms with van der Waals surface area (Å²) in [6, 6.07) is 20.2. The summed E-state index contributed by atoms with van der Waals surface area (Å²) >= 11 is 0. The molecule has 0 unspecified atom stereocenters. The molecule has 1 aromatic heterocycles. The lowest BCUT2D eigenvalue weighted by atomic mass is 10.2. The number of pyridine rings is 1. The summed E-state index contributed by atoms with van der Waals surface area (Å²) in [5.41, 5.74) is 2.58. The molecule has 172 valence electrons. The van der Waals surface area contributed by atoms with E-state index in [-0.39, 0.29) is 24.9 Å². The van der Waals surface area contributed by atoms with Gasteiger partial charge in [-0.15, -0.1) is 0 Å². The molecule has 0 aliphatic rings. The molecule has 0 spiro atoms. The predicted octanol–water partition coefficient (Wildman–Crippen LogP) is 4.14. The van der Waals surface area contributed by atoms with Crippen LogP contribution in [0.5, 0.6) is 5.75 Å². The van der Waals surface area contributed by atoms with Gasteiger partial charge in [-0.1, -0.05) is 36.4 Å². The lowest BCUT2D eigenvalue weighted by molar-refractivity contribution is -0.116. The summed E-state index contributed by atoms with van der Waals surface area (Å²) < 4.78 is 11.2. The van der Waals surface area contributed by atoms with Crippen LogP contribution >= 0.6 is 0 Å². The molecule has 0 saturated carbocycles. The first-order chi connectivity index (χ1) is 16.1. The summed E-state index contributed by atoms with van der Waals surface area (Å²) in [7, 11) is 0. The second-order valence-corrected chi connectivity index (χ2v) is 7.31. The molecule has 0 radical (unpaired) electrons. The van der Waals surface area contributed by atoms with Gasteiger partial charge in [0.2, 0.25) is 5.91 Å². The second kappa shape index (κ2) is 12.8. The van der Waals surface area contributed by atoms with Gasteiger partial charge in [0.25, 0.3) is 0 Å². The van der Waals surface area contributed by atoms with E-state index in [1.165, 1.54) is 0 Å². The van der Waals surface area contributed by atoms with Crippen LogP contribution in [0.15, 0.2) is 72.9 Å². The molecule has 8 heteroatoms. The molecule has 1 heterocycles. The Balaban J connectivity index is 1.32. The molecule has 0 fully saturated rings. The second-order valence-electron chi connectivity index (χ2n) is 7.31. The van der Waals surface area contributed by atoms with E-state index in [1.807, 2.05) is 61.5 Å². The number of ether oxygens (including phenoxy) is 2. The number of nitrogens with zero attached hydrogens (tertiary/aromatic N) is 1. The molecule has 3 rings (SSSR count). The number of carbonyl (C=O) groups excluding carboxylic acids is 2. The van der Waals surface area contributed by atoms with E-state index in [2.05, 4.69) is 20.9 Å². The largest absolute Gasteiger partial charge is 0.491 e. The third-order valence-corrected chi connectivity index (χ3v) is 4.51. The third-order valence-electron chi connectivity index (χ3n) is 4.51. The minimum Gasteiger partial charge on any atom is -0.491 e. The number of nitrogens with one attached hydrogen (secondary N) is 3. The first kappa shape index (κ1) is 23.7. The molecular weight excluding hydrogens is 420 g/mol. The number of urea groups is 1. The van der Waals surface area contributed by atoms with E-state index in [0.717, 1.165) is 16.9 Å². The van der Waals surface area contributed by atoms with Crippen LogP contribution in [0.3, 0.4) is 0 Å². The molecule has 3 amide bonds. The quantitative estimate of drug-likeness (QED) is 0.383. The van der Waals surface area contributed by atoms with Gasteiger partial charge in [-0.2, -0.15) is 0 Å². The van der Waals surface area contributed by atoms with Gasteiger partial charge < -0.3 is 25.4 Å². The van der Waals surface area contributed by atoms with Gasteiger partial charge >= 0.3 is 6.03 Å². The monoisotopic (exact) mass is 448 g/mol. The van der Waals surface area contributed by atoms with Crippen LogP contribution in [0.4, 0.5) is 16.3 Å². The highest BCUT2D eigenvalue weighted by Gasteiger charge is 2.06. The summed E-state index contributed by atoms with van der Waals surface area (Å²) in [5, 5.41) is 8.13. The number of aromatic nitrogens is 1. The van der Waals surface area contributed by atoms with Crippen molar-refractivity contribution in [3.05, 3.63) is 84.1 Å². The Morgan fingerprint density at radius 2 is 1.79 bits per heavy atom. The van der Waals surface area contributed by atoms with Crippen LogP contribution < -0.4 is 20.7 Å². The summed E-state index contributed by atoms with van der Waals surface area (Å²) in [6.07, 6.45) is 1.82. The van der Waals surface area contributed by atoms with E-state index in [9.17, 15) is 9.59 Å². The lowest BCUT2D eigenvalue weighted by Crippen LogP contribution is -2.31. The summed E-state index contributed by atoms with van der Waals surface area (Å²) in [6.45, 7) is 3.44. The highest BCUT2D eigenvalue weighted by Crippen LogP contribution is 2.12. The number of para-hydroxylation sites is 1. The number of anilines is 2. The standard InChI is InChI=1S/C25H28N4O4/c1-19-10-11-23(27-17-19)29-24(30)12-13-26-25(31)28-21-7-5-6-20(16-21)18-32-14-15-33-22-8-3-2-4-9-22/h2-11,16-17H,12-15,18H2,1H3,(H2,26,28,31)(H,27,29,30). The van der Waals surface area contributed by atoms with Crippen LogP contribution in [-0.4, -0.2) is 36.7 Å². The van der Waals surface area contributed by atoms with Crippen molar-refractivity contribution in [1.82, 2.24) is 10.3 Å². The highest BCUT2D eigenvalue weighted by molar-refractivity contribution is 5.91. The normalized spacial score (nSPS) is 10.3. The average molecular weight is 449 g/mol. The number of aryl methyl sites for hydroxylation is 1. The molecule has 0 aliphatic heterocycles. The smallest absolute Gasteiger partial charge is 0.319 e. The Labute approximate surface area is 193 Å². The van der Waals surface area contributed by atoms with Gasteiger partial charge in [0.05, 0.1) is 13.2 Å². The van der Waals surface area contributed by atoms with Gasteiger partial charge in [-0.05, 0) is 48.4 Å². The van der Waals surface area contributed by atoms with Crippen LogP contribution in [0.2, 0.25) is 0 Å². The molecular formula is C25H28N4O4. The van der Waals surface area contributed by atoms with Gasteiger partial charge in [0, 0.05) is 24.8 Å². The maximum atomic E-state index is 12.1. The zero-order valence-electron chi connectivity index (χ0n) is 18.5. The van der Waals surface area contributed by atoms with Crippen molar-refractivity contribution in [2.45, 2.75) is 20.0 Å². The topological polar surface area (TPSA) is 102 Å². The van der Waals surface area contributed by atoms with Crippen LogP contribution in [0.1, 0.15) is 17.5 Å². The van der Waals surface area contributed by atoms with E-state index >= 15 is 0 Å². The number of amides is 3. The molecule has 2 aromatic carbocycles. The summed E-state index contributed by atoms with van der Waals surface area (Å²) in [5.74, 6) is 1.07. The fourth-order valence-electron chi connectivity index (χ4n) is 2.88. The highest BCUT2D eigenvalue weighted by atomic mass is 16.5. The van der Waals surface area contributed by atoms with Crippen LogP contribution in [0.25, 0.3) is 0 Å². The lowest BCUT2D eigenvalue weighted by Gasteiger charge is -2.10. The SMILES string of the molecule is Cc1ccc(NC(=O)CCNC(=O)Nc2cccc(COCCOc3ccccc3)c2)nc1. The Morgan fingerprint density at radius 1 is 0.939 bits per heavy atom. The Kier molecular flexibility index (Phi) is 9.23. The van der Waals surface area contributed by atoms with Gasteiger partial charge in [0.1, 0.15) is 18.2 Å². The van der Waals surface area contributed by atoms with E-state index in [4.69, 9.17) is 9.47 Å². The van der Waals surface area contributed by atoms with E-state index in [0.29, 0.717) is 31.3 Å². The van der Waals surface area contributed by atoms with Crippen molar-refractivity contribution in [2.24, 2.45) is 0 Å². The average Bonchev–Trinajstić information content (AvgIpc) is 2.81. The minimum absolute atomic E-state index is 0.141. The Bertz CT molecular complexity index is 1030. The van der Waals surface area contributed by atoms with Crippen molar-refractivity contribution in [2.75, 3.05) is 30.4 Å². The van der Waals surface area contributed by atoms with Gasteiger partial charge in [-0.3, -0.25) is 4.79 Å². The Morgan fingerprint density at radius 3 is 2.58 bits per heavy atom. The zero-order valence-corrected chi connectivity index (χ0v) is 18.5. The fourth-order valence-corrected chi connectivity index (χ4v) is 2.88. The summed E-state index contributed by atoms with van der Waals surface area (Å²) in [4.78, 5) is 28.2. The predicted molar refractivity (Wildman–Crippen MR) is 127 cm³/mol. The molecule has 0 saturated heterocycles. The minimum atomic E-state index is -0.384. The molecule has 0 aliphatic carbocycles. The van der Waals surface area contributed by atoms with Crippen LogP contribution in [0, 0.1) is 6.92 Å². The molecule has 33 heavy (non-hydrogen) atoms. The van der Waals surface area contributed by atoms with Gasteiger partial charge in [0.15, 0.2) is 0 Å². The number of hydrogen-bond acceptors (Lipinski definition) is 5. The van der Waals surface area contributed by atoms with Crippen molar-refractivity contribution in [1.29, 1.82) is 0 Å². The number of hydrogen-bond donors (Lipinski definition) is 3. The first-order valence-electron chi connectivity index (χ1n) is 10.7. The zero-order chi connectivity index (χ0) is 23.3. The van der Waals surface area contributed by atoms with Crippen molar-refractivity contribution >= 4 is 23.4 Å². The van der Waals surface area contributed by atoms with Crippen molar-refractivity contribution < 1.29 is 19.1 Å². The molecule has 3 N–H and O–H groups in total.